The van der Waals surface area contributed by atoms with E-state index in [9.17, 15) is 19.2 Å². The van der Waals surface area contributed by atoms with Crippen LogP contribution in [-0.4, -0.2) is 110 Å². The molecule has 0 spiro atoms. The minimum absolute atomic E-state index is 0.0274. The molecule has 5 N–H and O–H groups in total. The van der Waals surface area contributed by atoms with Crippen molar-refractivity contribution in [3.63, 3.8) is 0 Å². The highest BCUT2D eigenvalue weighted by Gasteiger charge is 2.07. The average molecular weight is 460 g/mol. The SMILES string of the molecule is BC(=O)[C@@H](N)CCCCNC(=O)COCCOCCNC(=O)COCCOCCNC=O. The first kappa shape index (κ1) is 29.9. The minimum Gasteiger partial charge on any atom is -0.377 e. The van der Waals surface area contributed by atoms with Gasteiger partial charge in [-0.25, -0.2) is 0 Å². The maximum atomic E-state index is 11.6. The second-order valence-corrected chi connectivity index (χ2v) is 6.81. The first-order chi connectivity index (χ1) is 15.5. The Hall–Kier alpha value is -2.06. The smallest absolute Gasteiger partial charge is 0.246 e. The van der Waals surface area contributed by atoms with E-state index in [1.165, 1.54) is 7.85 Å². The van der Waals surface area contributed by atoms with Crippen LogP contribution in [0, 0.1) is 0 Å². The number of carbonyl (C=O) groups is 4. The van der Waals surface area contributed by atoms with Gasteiger partial charge in [-0.3, -0.25) is 14.4 Å². The maximum absolute atomic E-state index is 11.6. The fraction of sp³-hybridized carbons (Fsp3) is 0.789. The van der Waals surface area contributed by atoms with Crippen molar-refractivity contribution in [2.45, 2.75) is 25.3 Å². The molecule has 0 aromatic rings. The number of unbranched alkanes of at least 4 members (excludes halogenated alkanes) is 1. The second kappa shape index (κ2) is 22.2. The molecule has 12 nitrogen and oxygen atoms in total. The Balaban J connectivity index is 3.33. The standard InChI is InChI=1S/C19H37BN4O8/c20-19(28)16(21)3-1-2-4-23-17(26)13-31-12-10-30-8-6-24-18(27)14-32-11-9-29-7-5-22-15-25/h15-16H,1-14,20-21H2,(H,22,25)(H,23,26)(H,24,27)/t16-/m0/s1. The molecular formula is C19H37BN4O8. The van der Waals surface area contributed by atoms with E-state index >= 15 is 0 Å². The van der Waals surface area contributed by atoms with E-state index in [0.717, 1.165) is 12.8 Å². The van der Waals surface area contributed by atoms with E-state index < -0.39 is 6.04 Å². The van der Waals surface area contributed by atoms with E-state index in [1.54, 1.807) is 0 Å². The van der Waals surface area contributed by atoms with Crippen LogP contribution in [0.25, 0.3) is 0 Å². The zero-order valence-corrected chi connectivity index (χ0v) is 18.9. The number of carbonyl (C=O) groups excluding carboxylic acids is 4. The largest absolute Gasteiger partial charge is 0.377 e. The van der Waals surface area contributed by atoms with Crippen LogP contribution >= 0.6 is 0 Å². The van der Waals surface area contributed by atoms with Gasteiger partial charge in [-0.15, -0.1) is 0 Å². The summed E-state index contributed by atoms with van der Waals surface area (Å²) in [6, 6.07) is -0.426. The number of rotatable bonds is 23. The summed E-state index contributed by atoms with van der Waals surface area (Å²) in [5, 5.41) is 7.84. The Morgan fingerprint density at radius 1 is 0.781 bits per heavy atom. The fourth-order valence-electron chi connectivity index (χ4n) is 2.24. The van der Waals surface area contributed by atoms with E-state index in [-0.39, 0.29) is 43.9 Å². The monoisotopic (exact) mass is 460 g/mol. The van der Waals surface area contributed by atoms with Gasteiger partial charge in [0.1, 0.15) is 13.2 Å². The van der Waals surface area contributed by atoms with E-state index in [2.05, 4.69) is 16.0 Å². The van der Waals surface area contributed by atoms with Gasteiger partial charge in [0.25, 0.3) is 0 Å². The van der Waals surface area contributed by atoms with Gasteiger partial charge >= 0.3 is 0 Å². The Labute approximate surface area is 190 Å². The normalized spacial score (nSPS) is 11.5. The zero-order chi connectivity index (χ0) is 23.9. The van der Waals surface area contributed by atoms with Crippen LogP contribution in [0.5, 0.6) is 0 Å². The molecule has 32 heavy (non-hydrogen) atoms. The molecule has 0 aliphatic rings. The highest BCUT2D eigenvalue weighted by atomic mass is 16.5. The molecule has 0 unspecified atom stereocenters. The number of hydrogen-bond acceptors (Lipinski definition) is 9. The summed E-state index contributed by atoms with van der Waals surface area (Å²) >= 11 is 0. The molecule has 0 bridgehead atoms. The highest BCUT2D eigenvalue weighted by Crippen LogP contribution is 1.98. The molecule has 0 aromatic carbocycles. The number of hydrogen-bond donors (Lipinski definition) is 4. The molecule has 0 saturated carbocycles. The fourth-order valence-corrected chi connectivity index (χ4v) is 2.24. The van der Waals surface area contributed by atoms with Gasteiger partial charge in [0, 0.05) is 19.6 Å². The van der Waals surface area contributed by atoms with Crippen LogP contribution in [0.15, 0.2) is 0 Å². The third kappa shape index (κ3) is 21.2. The first-order valence-corrected chi connectivity index (χ1v) is 10.7. The molecule has 0 saturated heterocycles. The average Bonchev–Trinajstić information content (AvgIpc) is 2.76. The quantitative estimate of drug-likeness (QED) is 0.0693. The molecule has 0 aliphatic carbocycles. The number of nitrogens with one attached hydrogen (secondary N) is 3. The number of amides is 3. The molecule has 13 heteroatoms. The predicted octanol–water partition coefficient (Wildman–Crippen LogP) is -3.31. The number of ether oxygens (including phenoxy) is 4. The highest BCUT2D eigenvalue weighted by molar-refractivity contribution is 6.59. The molecule has 184 valence electrons. The lowest BCUT2D eigenvalue weighted by Gasteiger charge is -2.09. The van der Waals surface area contributed by atoms with Gasteiger partial charge in [-0.05, 0) is 19.3 Å². The van der Waals surface area contributed by atoms with Crippen molar-refractivity contribution in [3.8, 4) is 0 Å². The summed E-state index contributed by atoms with van der Waals surface area (Å²) in [5.74, 6) is -0.469. The van der Waals surface area contributed by atoms with Crippen molar-refractivity contribution < 1.29 is 38.1 Å². The van der Waals surface area contributed by atoms with E-state index in [0.29, 0.717) is 58.9 Å². The topological polar surface area (TPSA) is 167 Å². The van der Waals surface area contributed by atoms with Crippen LogP contribution in [0.3, 0.4) is 0 Å². The summed E-state index contributed by atoms with van der Waals surface area (Å²) in [6.07, 6.45) is 2.74. The summed E-state index contributed by atoms with van der Waals surface area (Å²) in [6.45, 7) is 3.05. The summed E-state index contributed by atoms with van der Waals surface area (Å²) in [5.41, 5.74) is 5.61. The first-order valence-electron chi connectivity index (χ1n) is 10.7. The maximum Gasteiger partial charge on any atom is 0.246 e. The van der Waals surface area contributed by atoms with Gasteiger partial charge in [-0.2, -0.15) is 0 Å². The molecule has 0 radical (unpaired) electrons. The number of nitrogens with two attached hydrogens (primary N) is 1. The van der Waals surface area contributed by atoms with Crippen molar-refractivity contribution in [2.24, 2.45) is 5.73 Å². The lowest BCUT2D eigenvalue weighted by atomic mass is 9.92. The van der Waals surface area contributed by atoms with Crippen molar-refractivity contribution in [3.05, 3.63) is 0 Å². The minimum atomic E-state index is -0.426. The Morgan fingerprint density at radius 2 is 1.31 bits per heavy atom. The third-order valence-corrected chi connectivity index (χ3v) is 4.04. The van der Waals surface area contributed by atoms with Crippen LogP contribution in [0.4, 0.5) is 0 Å². The molecule has 3 amide bonds. The Morgan fingerprint density at radius 3 is 1.88 bits per heavy atom. The van der Waals surface area contributed by atoms with Crippen molar-refractivity contribution in [1.29, 1.82) is 0 Å². The molecule has 0 heterocycles. The van der Waals surface area contributed by atoms with Crippen molar-refractivity contribution >= 4 is 31.8 Å². The summed E-state index contributed by atoms with van der Waals surface area (Å²) < 4.78 is 20.8. The Kier molecular flexibility index (Phi) is 20.7. The zero-order valence-electron chi connectivity index (χ0n) is 18.9. The van der Waals surface area contributed by atoms with Crippen LogP contribution in [0.1, 0.15) is 19.3 Å². The Bertz CT molecular complexity index is 528. The van der Waals surface area contributed by atoms with E-state index in [1.807, 2.05) is 0 Å². The van der Waals surface area contributed by atoms with Crippen molar-refractivity contribution in [1.82, 2.24) is 16.0 Å². The van der Waals surface area contributed by atoms with Gasteiger partial charge in [0.2, 0.25) is 18.2 Å². The van der Waals surface area contributed by atoms with Crippen molar-refractivity contribution in [2.75, 3.05) is 72.5 Å². The predicted molar refractivity (Wildman–Crippen MR) is 119 cm³/mol. The van der Waals surface area contributed by atoms with Gasteiger partial charge in [0.15, 0.2) is 7.85 Å². The van der Waals surface area contributed by atoms with Crippen LogP contribution in [0.2, 0.25) is 0 Å². The van der Waals surface area contributed by atoms with Crippen LogP contribution in [-0.2, 0) is 38.1 Å². The second-order valence-electron chi connectivity index (χ2n) is 6.81. The lowest BCUT2D eigenvalue weighted by Crippen LogP contribution is -2.32. The summed E-state index contributed by atoms with van der Waals surface area (Å²) in [4.78, 5) is 44.2. The van der Waals surface area contributed by atoms with Gasteiger partial charge in [0.05, 0.1) is 51.4 Å². The van der Waals surface area contributed by atoms with Gasteiger partial charge < -0.3 is 45.4 Å². The molecule has 0 rings (SSSR count). The molecule has 1 atom stereocenters. The van der Waals surface area contributed by atoms with E-state index in [4.69, 9.17) is 24.7 Å². The van der Waals surface area contributed by atoms with Gasteiger partial charge in [-0.1, -0.05) is 0 Å². The molecule has 0 fully saturated rings. The third-order valence-electron chi connectivity index (χ3n) is 4.04. The van der Waals surface area contributed by atoms with Crippen LogP contribution < -0.4 is 21.7 Å². The molecular weight excluding hydrogens is 423 g/mol. The molecule has 0 aromatic heterocycles. The molecule has 0 aliphatic heterocycles. The summed E-state index contributed by atoms with van der Waals surface area (Å²) in [7, 11) is 1.47. The lowest BCUT2D eigenvalue weighted by molar-refractivity contribution is -0.127.